The van der Waals surface area contributed by atoms with E-state index in [1.54, 1.807) is 25.4 Å². The molecule has 0 aliphatic carbocycles. The molecule has 0 aliphatic heterocycles. The number of ether oxygens (including phenoxy) is 1. The van der Waals surface area contributed by atoms with Gasteiger partial charge in [0, 0.05) is 12.7 Å². The van der Waals surface area contributed by atoms with Crippen LogP contribution in [0.1, 0.15) is 11.6 Å². The summed E-state index contributed by atoms with van der Waals surface area (Å²) in [5.74, 6) is 1.18. The van der Waals surface area contributed by atoms with E-state index in [0.717, 1.165) is 11.3 Å². The third-order valence-corrected chi connectivity index (χ3v) is 3.19. The van der Waals surface area contributed by atoms with E-state index < -0.39 is 0 Å². The highest BCUT2D eigenvalue weighted by Crippen LogP contribution is 2.18. The van der Waals surface area contributed by atoms with Gasteiger partial charge in [-0.2, -0.15) is 5.10 Å². The summed E-state index contributed by atoms with van der Waals surface area (Å²) in [5.41, 5.74) is 0.994. The summed E-state index contributed by atoms with van der Waals surface area (Å²) in [6.07, 6.45) is 1.55. The summed E-state index contributed by atoms with van der Waals surface area (Å²) in [5, 5.41) is 13.2. The zero-order valence-electron chi connectivity index (χ0n) is 13.5. The maximum atomic E-state index is 12.2. The molecule has 1 atom stereocenters. The maximum absolute atomic E-state index is 12.2. The first-order valence-electron chi connectivity index (χ1n) is 7.22. The monoisotopic (exact) mass is 315 g/mol. The highest BCUT2D eigenvalue weighted by atomic mass is 16.5. The third kappa shape index (κ3) is 5.23. The molecule has 0 spiro atoms. The molecule has 0 saturated carbocycles. The highest BCUT2D eigenvalue weighted by molar-refractivity contribution is 5.88. The predicted molar refractivity (Wildman–Crippen MR) is 88.5 cm³/mol. The number of benzene rings is 1. The van der Waals surface area contributed by atoms with Crippen molar-refractivity contribution in [2.45, 2.75) is 6.04 Å². The Hall–Kier alpha value is -2.67. The number of anilines is 1. The van der Waals surface area contributed by atoms with Gasteiger partial charge in [0.1, 0.15) is 5.75 Å². The number of carbonyl (C=O) groups excluding carboxylic acids is 1. The molecular weight excluding hydrogens is 294 g/mol. The third-order valence-electron chi connectivity index (χ3n) is 3.19. The zero-order chi connectivity index (χ0) is 16.7. The van der Waals surface area contributed by atoms with Gasteiger partial charge in [-0.1, -0.05) is 12.1 Å². The molecule has 1 aromatic heterocycles. The van der Waals surface area contributed by atoms with Gasteiger partial charge in [-0.05, 0) is 43.9 Å². The molecule has 1 aromatic carbocycles. The van der Waals surface area contributed by atoms with E-state index in [-0.39, 0.29) is 12.1 Å². The number of urea groups is 1. The van der Waals surface area contributed by atoms with Crippen molar-refractivity contribution in [3.63, 3.8) is 0 Å². The Morgan fingerprint density at radius 3 is 2.57 bits per heavy atom. The molecule has 2 rings (SSSR count). The molecule has 2 aromatic rings. The lowest BCUT2D eigenvalue weighted by Gasteiger charge is -2.23. The normalized spacial score (nSPS) is 11.8. The Balaban J connectivity index is 2.06. The van der Waals surface area contributed by atoms with Crippen LogP contribution in [0.25, 0.3) is 0 Å². The van der Waals surface area contributed by atoms with E-state index in [0.29, 0.717) is 12.4 Å². The van der Waals surface area contributed by atoms with Gasteiger partial charge in [0.15, 0.2) is 5.82 Å². The fourth-order valence-corrected chi connectivity index (χ4v) is 2.11. The molecule has 0 radical (unpaired) electrons. The minimum absolute atomic E-state index is 0.160. The van der Waals surface area contributed by atoms with E-state index >= 15 is 0 Å². The molecule has 2 N–H and O–H groups in total. The minimum Gasteiger partial charge on any atom is -0.497 e. The standard InChI is InChI=1S/C16H21N5O2/c1-21(2)11-14(12-6-8-13(23-3)9-7-12)18-16(22)19-15-5-4-10-17-20-15/h4-10,14H,11H2,1-3H3,(H2,18,19,20,22). The summed E-state index contributed by atoms with van der Waals surface area (Å²) in [6, 6.07) is 10.5. The van der Waals surface area contributed by atoms with Gasteiger partial charge in [-0.15, -0.1) is 5.10 Å². The molecule has 2 amide bonds. The second-order valence-electron chi connectivity index (χ2n) is 5.30. The van der Waals surface area contributed by atoms with Gasteiger partial charge in [-0.25, -0.2) is 4.79 Å². The van der Waals surface area contributed by atoms with Crippen LogP contribution in [0.3, 0.4) is 0 Å². The molecule has 0 saturated heterocycles. The molecule has 0 fully saturated rings. The van der Waals surface area contributed by atoms with Gasteiger partial charge in [-0.3, -0.25) is 5.32 Å². The number of hydrogen-bond donors (Lipinski definition) is 2. The fraction of sp³-hybridized carbons (Fsp3) is 0.312. The molecule has 0 aliphatic rings. The summed E-state index contributed by atoms with van der Waals surface area (Å²) >= 11 is 0. The van der Waals surface area contributed by atoms with Crippen molar-refractivity contribution in [1.29, 1.82) is 0 Å². The minimum atomic E-state index is -0.326. The van der Waals surface area contributed by atoms with Crippen LogP contribution in [-0.2, 0) is 0 Å². The number of nitrogens with one attached hydrogen (secondary N) is 2. The van der Waals surface area contributed by atoms with Crippen LogP contribution in [0.5, 0.6) is 5.75 Å². The number of methoxy groups -OCH3 is 1. The van der Waals surface area contributed by atoms with Gasteiger partial charge in [0.25, 0.3) is 0 Å². The Kier molecular flexibility index (Phi) is 5.87. The first kappa shape index (κ1) is 16.7. The molecule has 23 heavy (non-hydrogen) atoms. The Morgan fingerprint density at radius 1 is 1.26 bits per heavy atom. The number of likely N-dealkylation sites (N-methyl/N-ethyl adjacent to an activating group) is 1. The van der Waals surface area contributed by atoms with Crippen LogP contribution >= 0.6 is 0 Å². The molecular formula is C16H21N5O2. The Labute approximate surface area is 135 Å². The highest BCUT2D eigenvalue weighted by Gasteiger charge is 2.16. The quantitative estimate of drug-likeness (QED) is 0.851. The molecule has 0 bridgehead atoms. The van der Waals surface area contributed by atoms with E-state index in [1.807, 2.05) is 43.3 Å². The molecule has 7 heteroatoms. The summed E-state index contributed by atoms with van der Waals surface area (Å²) in [6.45, 7) is 0.667. The van der Waals surface area contributed by atoms with E-state index in [4.69, 9.17) is 4.74 Å². The Bertz CT molecular complexity index is 616. The van der Waals surface area contributed by atoms with Crippen molar-refractivity contribution in [1.82, 2.24) is 20.4 Å². The van der Waals surface area contributed by atoms with Crippen LogP contribution in [0.15, 0.2) is 42.6 Å². The van der Waals surface area contributed by atoms with E-state index in [9.17, 15) is 4.79 Å². The van der Waals surface area contributed by atoms with Crippen molar-refractivity contribution in [3.05, 3.63) is 48.2 Å². The summed E-state index contributed by atoms with van der Waals surface area (Å²) < 4.78 is 5.16. The average Bonchev–Trinajstić information content (AvgIpc) is 2.55. The number of carbonyl (C=O) groups is 1. The fourth-order valence-electron chi connectivity index (χ4n) is 2.11. The van der Waals surface area contributed by atoms with Crippen molar-refractivity contribution in [2.75, 3.05) is 33.1 Å². The first-order chi connectivity index (χ1) is 11.1. The second kappa shape index (κ2) is 8.09. The van der Waals surface area contributed by atoms with Gasteiger partial charge in [0.05, 0.1) is 13.2 Å². The van der Waals surface area contributed by atoms with Crippen molar-refractivity contribution >= 4 is 11.8 Å². The average molecular weight is 315 g/mol. The summed E-state index contributed by atoms with van der Waals surface area (Å²) in [4.78, 5) is 14.2. The van der Waals surface area contributed by atoms with Crippen molar-refractivity contribution in [3.8, 4) is 5.75 Å². The molecule has 1 heterocycles. The zero-order valence-corrected chi connectivity index (χ0v) is 13.5. The largest absolute Gasteiger partial charge is 0.497 e. The second-order valence-corrected chi connectivity index (χ2v) is 5.30. The van der Waals surface area contributed by atoms with Gasteiger partial charge >= 0.3 is 6.03 Å². The SMILES string of the molecule is COc1ccc(C(CN(C)C)NC(=O)Nc2cccnn2)cc1. The first-order valence-corrected chi connectivity index (χ1v) is 7.22. The topological polar surface area (TPSA) is 79.4 Å². The van der Waals surface area contributed by atoms with Crippen LogP contribution < -0.4 is 15.4 Å². The number of nitrogens with zero attached hydrogens (tertiary/aromatic N) is 3. The molecule has 7 nitrogen and oxygen atoms in total. The van der Waals surface area contributed by atoms with Gasteiger partial charge < -0.3 is 15.0 Å². The lowest BCUT2D eigenvalue weighted by atomic mass is 10.1. The van der Waals surface area contributed by atoms with Crippen LogP contribution in [0, 0.1) is 0 Å². The van der Waals surface area contributed by atoms with Crippen LogP contribution in [-0.4, -0.2) is 48.9 Å². The maximum Gasteiger partial charge on any atom is 0.320 e. The Morgan fingerprint density at radius 2 is 2.00 bits per heavy atom. The van der Waals surface area contributed by atoms with E-state index in [2.05, 4.69) is 20.8 Å². The summed E-state index contributed by atoms with van der Waals surface area (Å²) in [7, 11) is 5.54. The molecule has 122 valence electrons. The number of rotatable bonds is 6. The number of amides is 2. The van der Waals surface area contributed by atoms with Crippen molar-refractivity contribution in [2.24, 2.45) is 0 Å². The number of aromatic nitrogens is 2. The smallest absolute Gasteiger partial charge is 0.320 e. The van der Waals surface area contributed by atoms with Crippen molar-refractivity contribution < 1.29 is 9.53 Å². The number of hydrogen-bond acceptors (Lipinski definition) is 5. The van der Waals surface area contributed by atoms with Crippen LogP contribution in [0.4, 0.5) is 10.6 Å². The van der Waals surface area contributed by atoms with E-state index in [1.165, 1.54) is 0 Å². The van der Waals surface area contributed by atoms with Gasteiger partial charge in [0.2, 0.25) is 0 Å². The predicted octanol–water partition coefficient (Wildman–Crippen LogP) is 1.91. The lowest BCUT2D eigenvalue weighted by molar-refractivity contribution is 0.244. The lowest BCUT2D eigenvalue weighted by Crippen LogP contribution is -2.38. The van der Waals surface area contributed by atoms with Crippen LogP contribution in [0.2, 0.25) is 0 Å². The molecule has 1 unspecified atom stereocenters.